The lowest BCUT2D eigenvalue weighted by Crippen LogP contribution is -2.13. The first kappa shape index (κ1) is 13.2. The molecule has 1 aromatic heterocycles. The van der Waals surface area contributed by atoms with Gasteiger partial charge >= 0.3 is 0 Å². The Hall–Kier alpha value is -1.26. The molecule has 96 valence electrons. The third-order valence-corrected chi connectivity index (χ3v) is 3.15. The Morgan fingerprint density at radius 2 is 1.89 bits per heavy atom. The topological polar surface area (TPSA) is 25.2 Å². The first-order chi connectivity index (χ1) is 8.79. The molecule has 0 aliphatic carbocycles. The summed E-state index contributed by atoms with van der Waals surface area (Å²) in [5, 5.41) is 3.17. The lowest BCUT2D eigenvalue weighted by Gasteiger charge is -2.04. The summed E-state index contributed by atoms with van der Waals surface area (Å²) < 4.78 is 19.0. The summed E-state index contributed by atoms with van der Waals surface area (Å²) in [4.78, 5) is 0. The van der Waals surface area contributed by atoms with Gasteiger partial charge in [-0.05, 0) is 24.5 Å². The van der Waals surface area contributed by atoms with Crippen LogP contribution in [0.25, 0.3) is 0 Å². The molecule has 1 heterocycles. The summed E-state index contributed by atoms with van der Waals surface area (Å²) >= 11 is 1.73. The number of nitrogens with one attached hydrogen (secondary N) is 1. The average molecular weight is 265 g/mol. The normalized spacial score (nSPS) is 10.8. The van der Waals surface area contributed by atoms with Crippen molar-refractivity contribution in [2.45, 2.75) is 18.8 Å². The molecule has 18 heavy (non-hydrogen) atoms. The predicted molar refractivity (Wildman–Crippen MR) is 72.9 cm³/mol. The molecule has 0 fully saturated rings. The minimum absolute atomic E-state index is 0.174. The van der Waals surface area contributed by atoms with E-state index in [9.17, 15) is 4.39 Å². The molecule has 1 N–H and O–H groups in total. The number of benzene rings is 1. The fourth-order valence-corrected chi connectivity index (χ4v) is 2.14. The van der Waals surface area contributed by atoms with Gasteiger partial charge in [0.25, 0.3) is 0 Å². The van der Waals surface area contributed by atoms with Crippen molar-refractivity contribution in [1.82, 2.24) is 5.32 Å². The van der Waals surface area contributed by atoms with Gasteiger partial charge in [-0.2, -0.15) is 11.8 Å². The van der Waals surface area contributed by atoms with Gasteiger partial charge in [0.2, 0.25) is 0 Å². The Morgan fingerprint density at radius 1 is 1.11 bits per heavy atom. The molecule has 0 aliphatic rings. The molecule has 0 unspecified atom stereocenters. The van der Waals surface area contributed by atoms with Crippen LogP contribution in [0.2, 0.25) is 0 Å². The standard InChI is InChI=1S/C14H16FNOS/c1-18-10-13-7-6-12(17-13)9-16-8-11-4-2-3-5-14(11)15/h2-7,16H,8-10H2,1H3. The van der Waals surface area contributed by atoms with E-state index in [1.807, 2.05) is 24.5 Å². The first-order valence-corrected chi connectivity index (χ1v) is 7.19. The van der Waals surface area contributed by atoms with Crippen molar-refractivity contribution >= 4 is 11.8 Å². The van der Waals surface area contributed by atoms with E-state index >= 15 is 0 Å². The van der Waals surface area contributed by atoms with Crippen LogP contribution in [0.5, 0.6) is 0 Å². The van der Waals surface area contributed by atoms with Crippen LogP contribution in [-0.2, 0) is 18.8 Å². The molecule has 0 aliphatic heterocycles. The highest BCUT2D eigenvalue weighted by atomic mass is 32.2. The van der Waals surface area contributed by atoms with Crippen molar-refractivity contribution in [3.8, 4) is 0 Å². The fraction of sp³-hybridized carbons (Fsp3) is 0.286. The van der Waals surface area contributed by atoms with Crippen molar-refractivity contribution < 1.29 is 8.81 Å². The molecular weight excluding hydrogens is 249 g/mol. The van der Waals surface area contributed by atoms with Crippen LogP contribution in [0.1, 0.15) is 17.1 Å². The van der Waals surface area contributed by atoms with Gasteiger partial charge in [-0.1, -0.05) is 18.2 Å². The Morgan fingerprint density at radius 3 is 2.67 bits per heavy atom. The maximum Gasteiger partial charge on any atom is 0.127 e. The number of hydrogen-bond donors (Lipinski definition) is 1. The molecule has 0 atom stereocenters. The molecule has 0 saturated heterocycles. The zero-order valence-electron chi connectivity index (χ0n) is 10.3. The van der Waals surface area contributed by atoms with E-state index in [0.717, 1.165) is 17.3 Å². The van der Waals surface area contributed by atoms with Crippen LogP contribution in [-0.4, -0.2) is 6.26 Å². The van der Waals surface area contributed by atoms with Crippen molar-refractivity contribution in [3.63, 3.8) is 0 Å². The number of thioether (sulfide) groups is 1. The average Bonchev–Trinajstić information content (AvgIpc) is 2.80. The molecule has 0 saturated carbocycles. The van der Waals surface area contributed by atoms with E-state index in [1.165, 1.54) is 6.07 Å². The molecule has 0 radical (unpaired) electrons. The quantitative estimate of drug-likeness (QED) is 0.864. The lowest BCUT2D eigenvalue weighted by atomic mass is 10.2. The summed E-state index contributed by atoms with van der Waals surface area (Å²) in [5.41, 5.74) is 0.674. The monoisotopic (exact) mass is 265 g/mol. The van der Waals surface area contributed by atoms with E-state index in [-0.39, 0.29) is 5.82 Å². The largest absolute Gasteiger partial charge is 0.464 e. The van der Waals surface area contributed by atoms with Gasteiger partial charge in [-0.3, -0.25) is 0 Å². The van der Waals surface area contributed by atoms with Gasteiger partial charge < -0.3 is 9.73 Å². The van der Waals surface area contributed by atoms with Gasteiger partial charge in [0, 0.05) is 12.1 Å². The van der Waals surface area contributed by atoms with E-state index in [2.05, 4.69) is 5.32 Å². The van der Waals surface area contributed by atoms with Crippen LogP contribution in [0, 0.1) is 5.82 Å². The highest BCUT2D eigenvalue weighted by Crippen LogP contribution is 2.13. The van der Waals surface area contributed by atoms with Crippen molar-refractivity contribution in [2.24, 2.45) is 0 Å². The molecule has 0 amide bonds. The first-order valence-electron chi connectivity index (χ1n) is 5.80. The molecule has 2 nitrogen and oxygen atoms in total. The third-order valence-electron chi connectivity index (χ3n) is 2.58. The van der Waals surface area contributed by atoms with Gasteiger partial charge in [0.05, 0.1) is 12.3 Å². The summed E-state index contributed by atoms with van der Waals surface area (Å²) in [6.07, 6.45) is 2.04. The number of halogens is 1. The highest BCUT2D eigenvalue weighted by molar-refractivity contribution is 7.97. The van der Waals surface area contributed by atoms with Gasteiger partial charge in [-0.25, -0.2) is 4.39 Å². The molecular formula is C14H16FNOS. The molecule has 4 heteroatoms. The summed E-state index contributed by atoms with van der Waals surface area (Å²) in [7, 11) is 0. The van der Waals surface area contributed by atoms with Crippen molar-refractivity contribution in [3.05, 3.63) is 59.3 Å². The number of rotatable bonds is 6. The number of furan rings is 1. The minimum atomic E-state index is -0.174. The van der Waals surface area contributed by atoms with E-state index < -0.39 is 0 Å². The molecule has 2 aromatic rings. The summed E-state index contributed by atoms with van der Waals surface area (Å²) in [6, 6.07) is 10.7. The summed E-state index contributed by atoms with van der Waals surface area (Å²) in [6.45, 7) is 1.12. The van der Waals surface area contributed by atoms with E-state index in [4.69, 9.17) is 4.42 Å². The Labute approximate surface area is 111 Å². The molecule has 1 aromatic carbocycles. The zero-order valence-corrected chi connectivity index (χ0v) is 11.1. The SMILES string of the molecule is CSCc1ccc(CNCc2ccccc2F)o1. The fourth-order valence-electron chi connectivity index (χ4n) is 1.70. The molecule has 0 spiro atoms. The van der Waals surface area contributed by atoms with E-state index in [1.54, 1.807) is 23.9 Å². The molecule has 0 bridgehead atoms. The molecule has 2 rings (SSSR count). The van der Waals surface area contributed by atoms with Crippen LogP contribution in [0.15, 0.2) is 40.8 Å². The van der Waals surface area contributed by atoms with Gasteiger partial charge in [-0.15, -0.1) is 0 Å². The van der Waals surface area contributed by atoms with Crippen LogP contribution in [0.4, 0.5) is 4.39 Å². The Kier molecular flexibility index (Phi) is 4.84. The lowest BCUT2D eigenvalue weighted by molar-refractivity contribution is 0.457. The van der Waals surface area contributed by atoms with Crippen LogP contribution >= 0.6 is 11.8 Å². The van der Waals surface area contributed by atoms with Gasteiger partial charge in [0.15, 0.2) is 0 Å². The second-order valence-electron chi connectivity index (χ2n) is 4.00. The zero-order chi connectivity index (χ0) is 12.8. The minimum Gasteiger partial charge on any atom is -0.464 e. The maximum absolute atomic E-state index is 13.4. The smallest absolute Gasteiger partial charge is 0.127 e. The number of hydrogen-bond acceptors (Lipinski definition) is 3. The predicted octanol–water partition coefficient (Wildman–Crippen LogP) is 3.57. The summed E-state index contributed by atoms with van der Waals surface area (Å²) in [5.74, 6) is 2.57. The van der Waals surface area contributed by atoms with Crippen molar-refractivity contribution in [1.29, 1.82) is 0 Å². The van der Waals surface area contributed by atoms with Crippen LogP contribution < -0.4 is 5.32 Å². The second kappa shape index (κ2) is 6.61. The maximum atomic E-state index is 13.4. The van der Waals surface area contributed by atoms with Crippen molar-refractivity contribution in [2.75, 3.05) is 6.26 Å². The highest BCUT2D eigenvalue weighted by Gasteiger charge is 2.03. The second-order valence-corrected chi connectivity index (χ2v) is 4.86. The van der Waals surface area contributed by atoms with E-state index in [0.29, 0.717) is 18.7 Å². The van der Waals surface area contributed by atoms with Crippen LogP contribution in [0.3, 0.4) is 0 Å². The Balaban J connectivity index is 1.83. The van der Waals surface area contributed by atoms with Gasteiger partial charge in [0.1, 0.15) is 17.3 Å². The Bertz CT molecular complexity index is 498. The third kappa shape index (κ3) is 3.62.